The molecule has 0 aliphatic rings. The molecule has 0 aliphatic heterocycles. The Bertz CT molecular complexity index is 412. The van der Waals surface area contributed by atoms with Gasteiger partial charge in [0.05, 0.1) is 12.7 Å². The predicted molar refractivity (Wildman–Crippen MR) is 73.2 cm³/mol. The van der Waals surface area contributed by atoms with Gasteiger partial charge < -0.3 is 14.7 Å². The van der Waals surface area contributed by atoms with Crippen molar-refractivity contribution in [3.63, 3.8) is 0 Å². The number of aromatic hydroxyl groups is 1. The molecule has 0 aromatic heterocycles. The van der Waals surface area contributed by atoms with Crippen LogP contribution in [0.2, 0.25) is 0 Å². The van der Waals surface area contributed by atoms with E-state index in [1.54, 1.807) is 17.2 Å². The molecule has 0 fully saturated rings. The van der Waals surface area contributed by atoms with E-state index in [9.17, 15) is 9.90 Å². The minimum atomic E-state index is -0.242. The Labute approximate surface area is 108 Å². The highest BCUT2D eigenvalue weighted by Gasteiger charge is 2.08. The zero-order valence-corrected chi connectivity index (χ0v) is 11.6. The van der Waals surface area contributed by atoms with E-state index in [2.05, 4.69) is 0 Å². The first-order valence-electron chi connectivity index (χ1n) is 5.80. The molecule has 18 heavy (non-hydrogen) atoms. The van der Waals surface area contributed by atoms with Gasteiger partial charge in [0.15, 0.2) is 5.78 Å². The monoisotopic (exact) mass is 251 g/mol. The molecular weight excluding hydrogens is 230 g/mol. The number of methoxy groups -OCH3 is 1. The molecular formula is C14H21NO3. The Morgan fingerprint density at radius 3 is 2.39 bits per heavy atom. The number of hydrogen-bond acceptors (Lipinski definition) is 4. The van der Waals surface area contributed by atoms with Crippen LogP contribution in [0.3, 0.4) is 0 Å². The van der Waals surface area contributed by atoms with Gasteiger partial charge in [0.2, 0.25) is 0 Å². The Hall–Kier alpha value is -1.97. The van der Waals surface area contributed by atoms with E-state index in [1.807, 2.05) is 27.9 Å². The molecule has 0 saturated heterocycles. The molecule has 0 radical (unpaired) electrons. The lowest BCUT2D eigenvalue weighted by molar-refractivity contribution is 0.104. The molecule has 4 heteroatoms. The summed E-state index contributed by atoms with van der Waals surface area (Å²) in [7, 11) is 5.14. The molecule has 4 nitrogen and oxygen atoms in total. The first kappa shape index (κ1) is 16.0. The first-order valence-corrected chi connectivity index (χ1v) is 5.80. The number of ether oxygens (including phenoxy) is 1. The third-order valence-corrected chi connectivity index (χ3v) is 1.99. The number of carbonyl (C=O) groups excluding carboxylic acids is 1. The number of allylic oxidation sites excluding steroid dienone is 1. The minimum Gasteiger partial charge on any atom is -0.507 e. The van der Waals surface area contributed by atoms with Gasteiger partial charge in [0.1, 0.15) is 11.5 Å². The van der Waals surface area contributed by atoms with Crippen LogP contribution in [-0.4, -0.2) is 37.0 Å². The Morgan fingerprint density at radius 1 is 1.33 bits per heavy atom. The van der Waals surface area contributed by atoms with E-state index in [0.717, 1.165) is 0 Å². The highest BCUT2D eigenvalue weighted by atomic mass is 16.5. The molecule has 1 aromatic carbocycles. The van der Waals surface area contributed by atoms with E-state index in [-0.39, 0.29) is 17.1 Å². The van der Waals surface area contributed by atoms with Gasteiger partial charge in [-0.05, 0) is 12.1 Å². The molecule has 0 heterocycles. The second kappa shape index (κ2) is 8.17. The number of hydrogen-bond donors (Lipinski definition) is 1. The second-order valence-electron chi connectivity index (χ2n) is 3.53. The summed E-state index contributed by atoms with van der Waals surface area (Å²) in [6, 6.07) is 4.59. The normalized spacial score (nSPS) is 9.61. The summed E-state index contributed by atoms with van der Waals surface area (Å²) in [6.07, 6.45) is 3.04. The summed E-state index contributed by atoms with van der Waals surface area (Å²) >= 11 is 0. The number of benzene rings is 1. The fourth-order valence-corrected chi connectivity index (χ4v) is 1.15. The highest BCUT2D eigenvalue weighted by molar-refractivity contribution is 6.06. The number of phenolic OH excluding ortho intramolecular Hbond substituents is 1. The van der Waals surface area contributed by atoms with Crippen LogP contribution in [-0.2, 0) is 0 Å². The quantitative estimate of drug-likeness (QED) is 0.660. The number of carbonyl (C=O) groups is 1. The Morgan fingerprint density at radius 2 is 1.94 bits per heavy atom. The second-order valence-corrected chi connectivity index (χ2v) is 3.53. The molecule has 0 amide bonds. The van der Waals surface area contributed by atoms with E-state index in [0.29, 0.717) is 5.75 Å². The third kappa shape index (κ3) is 4.91. The average molecular weight is 251 g/mol. The largest absolute Gasteiger partial charge is 0.507 e. The van der Waals surface area contributed by atoms with Crippen molar-refractivity contribution >= 4 is 5.78 Å². The summed E-state index contributed by atoms with van der Waals surface area (Å²) in [4.78, 5) is 13.4. The summed E-state index contributed by atoms with van der Waals surface area (Å²) in [6.45, 7) is 4.00. The van der Waals surface area contributed by atoms with Crippen molar-refractivity contribution in [2.24, 2.45) is 0 Å². The molecule has 0 bridgehead atoms. The summed E-state index contributed by atoms with van der Waals surface area (Å²) in [5, 5.41) is 9.61. The smallest absolute Gasteiger partial charge is 0.190 e. The standard InChI is InChI=1S/C12H15NO3.C2H6/c1-13(2)7-6-11(14)10-5-4-9(16-3)8-12(10)15;1-2/h4-8,15H,1-3H3;1-2H3/b7-6+;. The zero-order chi connectivity index (χ0) is 14.1. The summed E-state index contributed by atoms with van der Waals surface area (Å²) in [5.74, 6) is 0.201. The van der Waals surface area contributed by atoms with Gasteiger partial charge in [0, 0.05) is 32.4 Å². The van der Waals surface area contributed by atoms with E-state index < -0.39 is 0 Å². The van der Waals surface area contributed by atoms with Crippen LogP contribution in [0.25, 0.3) is 0 Å². The topological polar surface area (TPSA) is 49.8 Å². The fraction of sp³-hybridized carbons (Fsp3) is 0.357. The van der Waals surface area contributed by atoms with E-state index in [1.165, 1.54) is 25.3 Å². The lowest BCUT2D eigenvalue weighted by atomic mass is 10.1. The van der Waals surface area contributed by atoms with Crippen LogP contribution in [0.1, 0.15) is 24.2 Å². The van der Waals surface area contributed by atoms with Crippen LogP contribution in [0.5, 0.6) is 11.5 Å². The van der Waals surface area contributed by atoms with Gasteiger partial charge in [-0.15, -0.1) is 0 Å². The lowest BCUT2D eigenvalue weighted by Gasteiger charge is -2.05. The lowest BCUT2D eigenvalue weighted by Crippen LogP contribution is -2.03. The van der Waals surface area contributed by atoms with Gasteiger partial charge in [-0.2, -0.15) is 0 Å². The van der Waals surface area contributed by atoms with Crippen LogP contribution in [0.4, 0.5) is 0 Å². The SMILES string of the molecule is CC.COc1ccc(C(=O)/C=C/N(C)C)c(O)c1. The van der Waals surface area contributed by atoms with Crippen molar-refractivity contribution in [3.8, 4) is 11.5 Å². The maximum absolute atomic E-state index is 11.7. The zero-order valence-electron chi connectivity index (χ0n) is 11.6. The van der Waals surface area contributed by atoms with Gasteiger partial charge in [-0.1, -0.05) is 13.8 Å². The fourth-order valence-electron chi connectivity index (χ4n) is 1.15. The molecule has 100 valence electrons. The third-order valence-electron chi connectivity index (χ3n) is 1.99. The van der Waals surface area contributed by atoms with Crippen molar-refractivity contribution in [1.82, 2.24) is 4.90 Å². The van der Waals surface area contributed by atoms with Crippen molar-refractivity contribution in [2.75, 3.05) is 21.2 Å². The maximum atomic E-state index is 11.7. The number of ketones is 1. The molecule has 1 aromatic rings. The molecule has 0 saturated carbocycles. The predicted octanol–water partition coefficient (Wildman–Crippen LogP) is 2.69. The Kier molecular flexibility index (Phi) is 7.28. The van der Waals surface area contributed by atoms with Crippen molar-refractivity contribution in [1.29, 1.82) is 0 Å². The van der Waals surface area contributed by atoms with Crippen molar-refractivity contribution < 1.29 is 14.6 Å². The van der Waals surface area contributed by atoms with Crippen LogP contribution >= 0.6 is 0 Å². The minimum absolute atomic E-state index is 0.0762. The molecule has 1 rings (SSSR count). The highest BCUT2D eigenvalue weighted by Crippen LogP contribution is 2.23. The van der Waals surface area contributed by atoms with Crippen molar-refractivity contribution in [2.45, 2.75) is 13.8 Å². The van der Waals surface area contributed by atoms with Crippen LogP contribution < -0.4 is 4.74 Å². The van der Waals surface area contributed by atoms with Crippen molar-refractivity contribution in [3.05, 3.63) is 36.0 Å². The van der Waals surface area contributed by atoms with Gasteiger partial charge in [-0.3, -0.25) is 4.79 Å². The number of rotatable bonds is 4. The van der Waals surface area contributed by atoms with Crippen LogP contribution in [0, 0.1) is 0 Å². The van der Waals surface area contributed by atoms with Gasteiger partial charge in [0.25, 0.3) is 0 Å². The number of nitrogens with zero attached hydrogens (tertiary/aromatic N) is 1. The molecule has 0 aliphatic carbocycles. The van der Waals surface area contributed by atoms with E-state index >= 15 is 0 Å². The summed E-state index contributed by atoms with van der Waals surface area (Å²) in [5.41, 5.74) is 0.263. The molecule has 1 N–H and O–H groups in total. The summed E-state index contributed by atoms with van der Waals surface area (Å²) < 4.78 is 4.93. The number of phenols is 1. The molecule has 0 spiro atoms. The van der Waals surface area contributed by atoms with Gasteiger partial charge in [-0.25, -0.2) is 0 Å². The average Bonchev–Trinajstić information content (AvgIpc) is 2.38. The molecule has 0 unspecified atom stereocenters. The van der Waals surface area contributed by atoms with Gasteiger partial charge >= 0.3 is 0 Å². The van der Waals surface area contributed by atoms with E-state index in [4.69, 9.17) is 4.74 Å². The van der Waals surface area contributed by atoms with Crippen LogP contribution in [0.15, 0.2) is 30.5 Å². The first-order chi connectivity index (χ1) is 8.54. The molecule has 0 atom stereocenters. The maximum Gasteiger partial charge on any atom is 0.190 e. The Balaban J connectivity index is 0.00000137.